The van der Waals surface area contributed by atoms with Crippen molar-refractivity contribution in [3.8, 4) is 0 Å². The molecule has 6 heteroatoms. The number of carboxylic acid groups (broad SMARTS) is 1. The maximum atomic E-state index is 11.2. The van der Waals surface area contributed by atoms with Crippen LogP contribution in [0.15, 0.2) is 12.1 Å². The molecule has 0 saturated heterocycles. The van der Waals surface area contributed by atoms with Gasteiger partial charge in [-0.25, -0.2) is 9.78 Å². The van der Waals surface area contributed by atoms with Crippen LogP contribution in [0.5, 0.6) is 0 Å². The van der Waals surface area contributed by atoms with Crippen molar-refractivity contribution in [1.29, 1.82) is 0 Å². The zero-order valence-corrected chi connectivity index (χ0v) is 10.0. The number of aliphatic carboxylic acids is 1. The van der Waals surface area contributed by atoms with Crippen LogP contribution in [0.25, 0.3) is 0 Å². The minimum absolute atomic E-state index is 0.208. The van der Waals surface area contributed by atoms with Gasteiger partial charge in [-0.05, 0) is 34.7 Å². The molecule has 15 heavy (non-hydrogen) atoms. The molecule has 0 radical (unpaired) electrons. The second-order valence-corrected chi connectivity index (χ2v) is 3.84. The number of nitrogens with zero attached hydrogens (tertiary/aromatic N) is 1. The van der Waals surface area contributed by atoms with Gasteiger partial charge in [0.15, 0.2) is 0 Å². The largest absolute Gasteiger partial charge is 0.481 e. The predicted molar refractivity (Wildman–Crippen MR) is 59.6 cm³/mol. The molecule has 5 nitrogen and oxygen atoms in total. The van der Waals surface area contributed by atoms with Gasteiger partial charge in [0.25, 0.3) is 0 Å². The minimum Gasteiger partial charge on any atom is -0.481 e. The number of halogens is 1. The summed E-state index contributed by atoms with van der Waals surface area (Å²) in [5.74, 6) is -1.48. The number of aromatic nitrogens is 1. The highest BCUT2D eigenvalue weighted by molar-refractivity contribution is 14.1. The third kappa shape index (κ3) is 3.46. The first-order valence-corrected chi connectivity index (χ1v) is 5.07. The van der Waals surface area contributed by atoms with Crippen molar-refractivity contribution in [3.63, 3.8) is 0 Å². The van der Waals surface area contributed by atoms with E-state index in [9.17, 15) is 9.59 Å². The van der Waals surface area contributed by atoms with E-state index < -0.39 is 11.9 Å². The molecule has 0 unspecified atom stereocenters. The maximum Gasteiger partial charge on any atom is 0.338 e. The highest BCUT2D eigenvalue weighted by atomic mass is 127. The molecule has 0 aliphatic carbocycles. The molecule has 0 aliphatic rings. The number of carbonyl (C=O) groups excluding carboxylic acids is 1. The lowest BCUT2D eigenvalue weighted by Crippen LogP contribution is -2.08. The van der Waals surface area contributed by atoms with Crippen molar-refractivity contribution in [2.75, 3.05) is 7.11 Å². The van der Waals surface area contributed by atoms with Gasteiger partial charge in [0, 0.05) is 0 Å². The second kappa shape index (κ2) is 5.06. The number of carbonyl (C=O) groups is 2. The van der Waals surface area contributed by atoms with Crippen LogP contribution in [0.1, 0.15) is 16.1 Å². The summed E-state index contributed by atoms with van der Waals surface area (Å²) < 4.78 is 5.10. The molecular formula is C9H8INO4. The molecule has 0 aliphatic heterocycles. The van der Waals surface area contributed by atoms with Gasteiger partial charge in [0.2, 0.25) is 0 Å². The third-order valence-corrected chi connectivity index (χ3v) is 2.15. The first kappa shape index (κ1) is 11.9. The number of hydrogen-bond acceptors (Lipinski definition) is 4. The molecule has 1 rings (SSSR count). The van der Waals surface area contributed by atoms with Crippen molar-refractivity contribution in [3.05, 3.63) is 27.1 Å². The smallest absolute Gasteiger partial charge is 0.338 e. The summed E-state index contributed by atoms with van der Waals surface area (Å²) in [6.45, 7) is 0. The van der Waals surface area contributed by atoms with Crippen molar-refractivity contribution < 1.29 is 19.4 Å². The zero-order valence-electron chi connectivity index (χ0n) is 7.86. The molecule has 0 amide bonds. The Morgan fingerprint density at radius 1 is 1.53 bits per heavy atom. The van der Waals surface area contributed by atoms with Crippen LogP contribution in [0, 0.1) is 3.70 Å². The highest BCUT2D eigenvalue weighted by Gasteiger charge is 2.10. The van der Waals surface area contributed by atoms with E-state index in [-0.39, 0.29) is 6.42 Å². The van der Waals surface area contributed by atoms with Crippen LogP contribution in [0.2, 0.25) is 0 Å². The average molecular weight is 321 g/mol. The van der Waals surface area contributed by atoms with E-state index in [1.54, 1.807) is 0 Å². The van der Waals surface area contributed by atoms with Crippen LogP contribution in [-0.4, -0.2) is 29.1 Å². The normalized spacial score (nSPS) is 9.73. The summed E-state index contributed by atoms with van der Waals surface area (Å²) in [4.78, 5) is 25.7. The number of esters is 1. The Morgan fingerprint density at radius 2 is 2.20 bits per heavy atom. The lowest BCUT2D eigenvalue weighted by Gasteiger charge is -2.02. The molecule has 0 spiro atoms. The van der Waals surface area contributed by atoms with Crippen LogP contribution in [0.4, 0.5) is 0 Å². The quantitative estimate of drug-likeness (QED) is 0.512. The maximum absolute atomic E-state index is 11.2. The molecule has 0 fully saturated rings. The Hall–Kier alpha value is -1.18. The van der Waals surface area contributed by atoms with Gasteiger partial charge in [-0.3, -0.25) is 4.79 Å². The lowest BCUT2D eigenvalue weighted by molar-refractivity contribution is -0.136. The number of carboxylic acids is 1. The minimum atomic E-state index is -0.986. The Kier molecular flexibility index (Phi) is 4.01. The van der Waals surface area contributed by atoms with E-state index in [1.165, 1.54) is 19.2 Å². The summed E-state index contributed by atoms with van der Waals surface area (Å²) >= 11 is 1.92. The number of methoxy groups -OCH3 is 1. The number of rotatable bonds is 3. The molecule has 1 aromatic heterocycles. The van der Waals surface area contributed by atoms with E-state index in [2.05, 4.69) is 9.72 Å². The average Bonchev–Trinajstić information content (AvgIpc) is 2.14. The molecule has 80 valence electrons. The van der Waals surface area contributed by atoms with E-state index in [0.29, 0.717) is 15.0 Å². The summed E-state index contributed by atoms with van der Waals surface area (Å²) in [5.41, 5.74) is 0.656. The van der Waals surface area contributed by atoms with Gasteiger partial charge in [-0.2, -0.15) is 0 Å². The fourth-order valence-corrected chi connectivity index (χ4v) is 1.68. The Balaban J connectivity index is 3.04. The van der Waals surface area contributed by atoms with Gasteiger partial charge in [-0.1, -0.05) is 0 Å². The van der Waals surface area contributed by atoms with Crippen molar-refractivity contribution in [2.24, 2.45) is 0 Å². The highest BCUT2D eigenvalue weighted by Crippen LogP contribution is 2.10. The summed E-state index contributed by atoms with van der Waals surface area (Å²) in [6, 6.07) is 2.96. The Bertz CT molecular complexity index is 405. The number of pyridine rings is 1. The van der Waals surface area contributed by atoms with Crippen molar-refractivity contribution in [1.82, 2.24) is 4.98 Å². The van der Waals surface area contributed by atoms with Crippen LogP contribution < -0.4 is 0 Å². The van der Waals surface area contributed by atoms with Gasteiger partial charge in [0.1, 0.15) is 3.70 Å². The van der Waals surface area contributed by atoms with Crippen LogP contribution >= 0.6 is 22.6 Å². The first-order valence-electron chi connectivity index (χ1n) is 3.99. The van der Waals surface area contributed by atoms with E-state index in [4.69, 9.17) is 5.11 Å². The fourth-order valence-electron chi connectivity index (χ4n) is 1.03. The van der Waals surface area contributed by atoms with E-state index in [1.807, 2.05) is 22.6 Å². The zero-order chi connectivity index (χ0) is 11.4. The first-order chi connectivity index (χ1) is 7.02. The summed E-state index contributed by atoms with van der Waals surface area (Å²) in [5, 5.41) is 8.59. The van der Waals surface area contributed by atoms with E-state index in [0.717, 1.165) is 0 Å². The predicted octanol–water partition coefficient (Wildman–Crippen LogP) is 1.10. The Morgan fingerprint density at radius 3 is 2.73 bits per heavy atom. The second-order valence-electron chi connectivity index (χ2n) is 2.73. The topological polar surface area (TPSA) is 76.5 Å². The van der Waals surface area contributed by atoms with Crippen LogP contribution in [0.3, 0.4) is 0 Å². The van der Waals surface area contributed by atoms with Crippen LogP contribution in [-0.2, 0) is 16.0 Å². The number of ether oxygens (including phenoxy) is 1. The van der Waals surface area contributed by atoms with Crippen molar-refractivity contribution in [2.45, 2.75) is 6.42 Å². The fraction of sp³-hybridized carbons (Fsp3) is 0.222. The summed E-state index contributed by atoms with van der Waals surface area (Å²) in [7, 11) is 1.27. The third-order valence-electron chi connectivity index (χ3n) is 1.60. The molecule has 0 atom stereocenters. The van der Waals surface area contributed by atoms with Gasteiger partial charge < -0.3 is 9.84 Å². The van der Waals surface area contributed by atoms with Crippen molar-refractivity contribution >= 4 is 34.5 Å². The monoisotopic (exact) mass is 321 g/mol. The molecule has 0 aromatic carbocycles. The molecule has 1 N–H and O–H groups in total. The number of hydrogen-bond donors (Lipinski definition) is 1. The van der Waals surface area contributed by atoms with Gasteiger partial charge >= 0.3 is 11.9 Å². The summed E-state index contributed by atoms with van der Waals surface area (Å²) in [6.07, 6.45) is -0.208. The Labute approximate surface area is 99.6 Å². The molecule has 0 bridgehead atoms. The van der Waals surface area contributed by atoms with E-state index >= 15 is 0 Å². The molecule has 0 saturated carbocycles. The van der Waals surface area contributed by atoms with Gasteiger partial charge in [0.05, 0.1) is 24.8 Å². The standard InChI is InChI=1S/C9H8INO4/c1-15-9(14)5-2-6(4-8(12)13)11-7(10)3-5/h2-3H,4H2,1H3,(H,12,13). The molecule has 1 aromatic rings. The SMILES string of the molecule is COC(=O)c1cc(I)nc(CC(=O)O)c1. The van der Waals surface area contributed by atoms with Gasteiger partial charge in [-0.15, -0.1) is 0 Å². The lowest BCUT2D eigenvalue weighted by atomic mass is 10.2. The molecule has 1 heterocycles. The molecular weight excluding hydrogens is 313 g/mol.